The quantitative estimate of drug-likeness (QED) is 0.738. The van der Waals surface area contributed by atoms with Crippen LogP contribution in [0.25, 0.3) is 0 Å². The highest BCUT2D eigenvalue weighted by molar-refractivity contribution is 9.10. The van der Waals surface area contributed by atoms with E-state index in [1.165, 1.54) is 6.07 Å². The second-order valence-corrected chi connectivity index (χ2v) is 5.81. The number of benzene rings is 1. The van der Waals surface area contributed by atoms with Crippen molar-refractivity contribution in [2.45, 2.75) is 38.1 Å². The van der Waals surface area contributed by atoms with Gasteiger partial charge in [0.2, 0.25) is 0 Å². The zero-order valence-electron chi connectivity index (χ0n) is 11.4. The van der Waals surface area contributed by atoms with Crippen LogP contribution in [0.1, 0.15) is 25.7 Å². The molecule has 7 heteroatoms. The molecule has 0 saturated carbocycles. The van der Waals surface area contributed by atoms with E-state index in [9.17, 15) is 13.2 Å². The normalized spacial score (nSPS) is 18.8. The molecule has 1 aliphatic heterocycles. The van der Waals surface area contributed by atoms with Crippen LogP contribution in [0.15, 0.2) is 22.7 Å². The third kappa shape index (κ3) is 5.74. The Bertz CT molecular complexity index is 462. The van der Waals surface area contributed by atoms with Gasteiger partial charge in [-0.3, -0.25) is 0 Å². The average molecular weight is 368 g/mol. The summed E-state index contributed by atoms with van der Waals surface area (Å²) in [5, 5.41) is 2.99. The Morgan fingerprint density at radius 1 is 1.38 bits per heavy atom. The summed E-state index contributed by atoms with van der Waals surface area (Å²) in [5.74, 6) is -0.228. The Hall–Kier alpha value is -0.950. The molecule has 2 rings (SSSR count). The molecule has 3 nitrogen and oxygen atoms in total. The number of anilines is 1. The number of halogens is 4. The molecule has 0 aromatic heterocycles. The van der Waals surface area contributed by atoms with Gasteiger partial charge in [0.25, 0.3) is 0 Å². The summed E-state index contributed by atoms with van der Waals surface area (Å²) >= 11 is 3.14. The average Bonchev–Trinajstić information content (AvgIpc) is 2.88. The van der Waals surface area contributed by atoms with Gasteiger partial charge in [0.1, 0.15) is 0 Å². The summed E-state index contributed by atoms with van der Waals surface area (Å²) in [7, 11) is 0. The summed E-state index contributed by atoms with van der Waals surface area (Å²) < 4.78 is 47.2. The Morgan fingerprint density at radius 3 is 2.86 bits per heavy atom. The highest BCUT2D eigenvalue weighted by atomic mass is 79.9. The number of rotatable bonds is 6. The molecule has 1 saturated heterocycles. The summed E-state index contributed by atoms with van der Waals surface area (Å²) in [5.41, 5.74) is 0.336. The fraction of sp³-hybridized carbons (Fsp3) is 0.571. The first-order valence-electron chi connectivity index (χ1n) is 6.85. The number of hydrogen-bond acceptors (Lipinski definition) is 3. The van der Waals surface area contributed by atoms with Crippen LogP contribution in [-0.2, 0) is 4.74 Å². The van der Waals surface area contributed by atoms with E-state index in [-0.39, 0.29) is 5.75 Å². The van der Waals surface area contributed by atoms with Crippen molar-refractivity contribution in [2.24, 2.45) is 0 Å². The molecule has 21 heavy (non-hydrogen) atoms. The summed E-state index contributed by atoms with van der Waals surface area (Å²) in [6.45, 7) is 1.39. The summed E-state index contributed by atoms with van der Waals surface area (Å²) in [4.78, 5) is 0. The molecular weight excluding hydrogens is 351 g/mol. The van der Waals surface area contributed by atoms with E-state index >= 15 is 0 Å². The van der Waals surface area contributed by atoms with Crippen LogP contribution in [-0.4, -0.2) is 25.6 Å². The first kappa shape index (κ1) is 16.4. The van der Waals surface area contributed by atoms with Crippen molar-refractivity contribution in [3.63, 3.8) is 0 Å². The van der Waals surface area contributed by atoms with Crippen molar-refractivity contribution < 1.29 is 22.6 Å². The van der Waals surface area contributed by atoms with Crippen molar-refractivity contribution in [2.75, 3.05) is 18.5 Å². The van der Waals surface area contributed by atoms with E-state index in [4.69, 9.17) is 4.74 Å². The second kappa shape index (κ2) is 7.35. The van der Waals surface area contributed by atoms with Gasteiger partial charge in [-0.15, -0.1) is 13.2 Å². The van der Waals surface area contributed by atoms with Crippen molar-refractivity contribution in [1.82, 2.24) is 0 Å². The third-order valence-electron chi connectivity index (χ3n) is 3.21. The highest BCUT2D eigenvalue weighted by Crippen LogP contribution is 2.33. The van der Waals surface area contributed by atoms with Crippen LogP contribution < -0.4 is 10.1 Å². The van der Waals surface area contributed by atoms with E-state index in [0.29, 0.717) is 22.8 Å². The SMILES string of the molecule is FC(F)(F)Oc1cc(Br)ccc1NCCCC1CCCO1. The predicted molar refractivity (Wildman–Crippen MR) is 77.5 cm³/mol. The maximum Gasteiger partial charge on any atom is 0.573 e. The van der Waals surface area contributed by atoms with Crippen LogP contribution in [0.2, 0.25) is 0 Å². The van der Waals surface area contributed by atoms with Crippen molar-refractivity contribution in [1.29, 1.82) is 0 Å². The van der Waals surface area contributed by atoms with Crippen LogP contribution in [0.5, 0.6) is 5.75 Å². The van der Waals surface area contributed by atoms with Crippen molar-refractivity contribution in [3.8, 4) is 5.75 Å². The molecule has 0 spiro atoms. The minimum atomic E-state index is -4.70. The molecule has 0 aliphatic carbocycles. The van der Waals surface area contributed by atoms with Gasteiger partial charge < -0.3 is 14.8 Å². The Kier molecular flexibility index (Phi) is 5.75. The lowest BCUT2D eigenvalue weighted by Gasteiger charge is -2.15. The molecule has 118 valence electrons. The lowest BCUT2D eigenvalue weighted by atomic mass is 10.1. The lowest BCUT2D eigenvalue weighted by molar-refractivity contribution is -0.274. The van der Waals surface area contributed by atoms with Crippen LogP contribution in [0, 0.1) is 0 Å². The van der Waals surface area contributed by atoms with Gasteiger partial charge in [-0.25, -0.2) is 0 Å². The standard InChI is InChI=1S/C14H17BrF3NO2/c15-10-5-6-12(13(9-10)21-14(16,17)18)19-7-1-3-11-4-2-8-20-11/h5-6,9,11,19H,1-4,7-8H2. The Labute approximate surface area is 129 Å². The van der Waals surface area contributed by atoms with E-state index in [2.05, 4.69) is 26.0 Å². The van der Waals surface area contributed by atoms with Gasteiger partial charge in [0, 0.05) is 17.6 Å². The van der Waals surface area contributed by atoms with E-state index < -0.39 is 6.36 Å². The first-order valence-corrected chi connectivity index (χ1v) is 7.64. The molecule has 0 bridgehead atoms. The molecule has 1 aromatic carbocycles. The van der Waals surface area contributed by atoms with Gasteiger partial charge >= 0.3 is 6.36 Å². The second-order valence-electron chi connectivity index (χ2n) is 4.89. The van der Waals surface area contributed by atoms with Crippen molar-refractivity contribution >= 4 is 21.6 Å². The van der Waals surface area contributed by atoms with Crippen LogP contribution in [0.3, 0.4) is 0 Å². The monoisotopic (exact) mass is 367 g/mol. The van der Waals surface area contributed by atoms with Gasteiger partial charge in [-0.1, -0.05) is 15.9 Å². The summed E-state index contributed by atoms with van der Waals surface area (Å²) in [6, 6.07) is 4.54. The Morgan fingerprint density at radius 2 is 2.19 bits per heavy atom. The van der Waals surface area contributed by atoms with Crippen molar-refractivity contribution in [3.05, 3.63) is 22.7 Å². The van der Waals surface area contributed by atoms with Gasteiger partial charge in [-0.05, 0) is 43.9 Å². The molecular formula is C14H17BrF3NO2. The third-order valence-corrected chi connectivity index (χ3v) is 3.70. The zero-order chi connectivity index (χ0) is 15.3. The number of hydrogen-bond donors (Lipinski definition) is 1. The molecule has 1 N–H and O–H groups in total. The van der Waals surface area contributed by atoms with E-state index in [1.54, 1.807) is 12.1 Å². The fourth-order valence-electron chi connectivity index (χ4n) is 2.28. The fourth-order valence-corrected chi connectivity index (χ4v) is 2.62. The summed E-state index contributed by atoms with van der Waals surface area (Å²) in [6.07, 6.45) is -0.488. The number of nitrogens with one attached hydrogen (secondary N) is 1. The lowest BCUT2D eigenvalue weighted by Crippen LogP contribution is -2.18. The van der Waals surface area contributed by atoms with Crippen LogP contribution >= 0.6 is 15.9 Å². The molecule has 1 heterocycles. The first-order chi connectivity index (χ1) is 9.94. The van der Waals surface area contributed by atoms with Crippen LogP contribution in [0.4, 0.5) is 18.9 Å². The van der Waals surface area contributed by atoms with Gasteiger partial charge in [-0.2, -0.15) is 0 Å². The Balaban J connectivity index is 1.86. The maximum atomic E-state index is 12.4. The number of alkyl halides is 3. The van der Waals surface area contributed by atoms with E-state index in [1.807, 2.05) is 0 Å². The highest BCUT2D eigenvalue weighted by Gasteiger charge is 2.32. The molecule has 1 atom stereocenters. The molecule has 1 aliphatic rings. The van der Waals surface area contributed by atoms with Gasteiger partial charge in [0.05, 0.1) is 11.8 Å². The molecule has 1 unspecified atom stereocenters. The maximum absolute atomic E-state index is 12.4. The molecule has 1 fully saturated rings. The predicted octanol–water partition coefficient (Wildman–Crippen LogP) is 4.72. The minimum absolute atomic E-state index is 0.228. The smallest absolute Gasteiger partial charge is 0.404 e. The zero-order valence-corrected chi connectivity index (χ0v) is 13.0. The van der Waals surface area contributed by atoms with Gasteiger partial charge in [0.15, 0.2) is 5.75 Å². The molecule has 0 radical (unpaired) electrons. The van der Waals surface area contributed by atoms with E-state index in [0.717, 1.165) is 32.3 Å². The molecule has 0 amide bonds. The topological polar surface area (TPSA) is 30.5 Å². The minimum Gasteiger partial charge on any atom is -0.404 e. The molecule has 1 aromatic rings. The largest absolute Gasteiger partial charge is 0.573 e. The number of ether oxygens (including phenoxy) is 2.